The standard InChI is InChI=1S/C20H23N3/c1-14(2)23-20-17-11-7-8-12-18(17)21(3)13-15-9-5-6-10-16(15)19(20)22(23)4/h5-12,14H,13H2,1-4H3. The predicted octanol–water partition coefficient (Wildman–Crippen LogP) is 4.69. The van der Waals surface area contributed by atoms with E-state index in [4.69, 9.17) is 0 Å². The molecule has 0 N–H and O–H groups in total. The van der Waals surface area contributed by atoms with Crippen molar-refractivity contribution in [1.82, 2.24) is 9.36 Å². The fraction of sp³-hybridized carbons (Fsp3) is 0.300. The van der Waals surface area contributed by atoms with Crippen LogP contribution in [0.3, 0.4) is 0 Å². The number of hydrogen-bond acceptors (Lipinski definition) is 1. The first-order valence-electron chi connectivity index (χ1n) is 8.25. The topological polar surface area (TPSA) is 13.1 Å². The Kier molecular flexibility index (Phi) is 3.12. The highest BCUT2D eigenvalue weighted by atomic mass is 15.4. The monoisotopic (exact) mass is 305 g/mol. The molecule has 0 saturated carbocycles. The molecule has 1 aromatic heterocycles. The van der Waals surface area contributed by atoms with Gasteiger partial charge in [-0.05, 0) is 25.5 Å². The molecule has 3 heteroatoms. The van der Waals surface area contributed by atoms with Crippen LogP contribution in [-0.2, 0) is 13.6 Å². The number of benzene rings is 2. The normalized spacial score (nSPS) is 13.3. The molecule has 0 amide bonds. The largest absolute Gasteiger partial charge is 0.370 e. The van der Waals surface area contributed by atoms with Crippen LogP contribution in [0.15, 0.2) is 48.5 Å². The van der Waals surface area contributed by atoms with Gasteiger partial charge in [-0.3, -0.25) is 9.36 Å². The van der Waals surface area contributed by atoms with Gasteiger partial charge >= 0.3 is 0 Å². The van der Waals surface area contributed by atoms with Crippen LogP contribution in [0.2, 0.25) is 0 Å². The van der Waals surface area contributed by atoms with Crippen LogP contribution >= 0.6 is 0 Å². The Morgan fingerprint density at radius 3 is 2.22 bits per heavy atom. The Labute approximate surface area is 137 Å². The van der Waals surface area contributed by atoms with Crippen LogP contribution in [0, 0.1) is 0 Å². The highest BCUT2D eigenvalue weighted by Gasteiger charge is 2.29. The molecule has 0 spiro atoms. The minimum atomic E-state index is 0.434. The van der Waals surface area contributed by atoms with Crippen LogP contribution in [0.1, 0.15) is 25.5 Å². The first-order valence-corrected chi connectivity index (χ1v) is 8.25. The lowest BCUT2D eigenvalue weighted by Crippen LogP contribution is -2.30. The molecule has 23 heavy (non-hydrogen) atoms. The van der Waals surface area contributed by atoms with Crippen LogP contribution in [0.4, 0.5) is 5.69 Å². The van der Waals surface area contributed by atoms with E-state index >= 15 is 0 Å². The number of anilines is 1. The Hall–Kier alpha value is -2.42. The third kappa shape index (κ3) is 1.96. The summed E-state index contributed by atoms with van der Waals surface area (Å²) in [6, 6.07) is 18.0. The fourth-order valence-electron chi connectivity index (χ4n) is 3.87. The minimum absolute atomic E-state index is 0.434. The number of rotatable bonds is 1. The van der Waals surface area contributed by atoms with Crippen LogP contribution in [0.5, 0.6) is 0 Å². The van der Waals surface area contributed by atoms with Gasteiger partial charge in [0.25, 0.3) is 0 Å². The second kappa shape index (κ2) is 5.05. The summed E-state index contributed by atoms with van der Waals surface area (Å²) in [6.07, 6.45) is 0. The summed E-state index contributed by atoms with van der Waals surface area (Å²) in [7, 11) is 4.35. The lowest BCUT2D eigenvalue weighted by atomic mass is 9.94. The molecule has 0 unspecified atom stereocenters. The Balaban J connectivity index is 2.08. The second-order valence-electron chi connectivity index (χ2n) is 6.69. The van der Waals surface area contributed by atoms with Gasteiger partial charge in [0.1, 0.15) is 0 Å². The van der Waals surface area contributed by atoms with Gasteiger partial charge in [0.2, 0.25) is 0 Å². The fourth-order valence-corrected chi connectivity index (χ4v) is 3.87. The van der Waals surface area contributed by atoms with E-state index in [1.165, 1.54) is 33.8 Å². The van der Waals surface area contributed by atoms with E-state index in [-0.39, 0.29) is 0 Å². The van der Waals surface area contributed by atoms with Crippen LogP contribution < -0.4 is 4.90 Å². The maximum atomic E-state index is 2.39. The molecule has 118 valence electrons. The number of aromatic nitrogens is 2. The van der Waals surface area contributed by atoms with Crippen molar-refractivity contribution in [1.29, 1.82) is 0 Å². The second-order valence-corrected chi connectivity index (χ2v) is 6.69. The summed E-state index contributed by atoms with van der Waals surface area (Å²) in [6.45, 7) is 5.42. The first kappa shape index (κ1) is 14.2. The van der Waals surface area contributed by atoms with Crippen LogP contribution in [-0.4, -0.2) is 16.4 Å². The van der Waals surface area contributed by atoms with Gasteiger partial charge in [-0.25, -0.2) is 0 Å². The highest BCUT2D eigenvalue weighted by Crippen LogP contribution is 2.44. The number of hydrogen-bond donors (Lipinski definition) is 0. The van der Waals surface area contributed by atoms with Gasteiger partial charge < -0.3 is 4.90 Å². The molecule has 0 fully saturated rings. The zero-order chi connectivity index (χ0) is 16.1. The molecule has 3 aromatic rings. The van der Waals surface area contributed by atoms with Gasteiger partial charge in [-0.15, -0.1) is 0 Å². The summed E-state index contributed by atoms with van der Waals surface area (Å²) in [5.74, 6) is 0. The molecule has 0 saturated heterocycles. The summed E-state index contributed by atoms with van der Waals surface area (Å²) >= 11 is 0. The van der Waals surface area contributed by atoms with E-state index in [0.29, 0.717) is 6.04 Å². The van der Waals surface area contributed by atoms with Gasteiger partial charge in [0, 0.05) is 43.5 Å². The third-order valence-corrected chi connectivity index (χ3v) is 4.84. The maximum absolute atomic E-state index is 2.39. The molecule has 2 heterocycles. The van der Waals surface area contributed by atoms with Gasteiger partial charge in [0.05, 0.1) is 11.4 Å². The molecule has 4 rings (SSSR count). The zero-order valence-electron chi connectivity index (χ0n) is 14.2. The maximum Gasteiger partial charge on any atom is 0.0928 e. The predicted molar refractivity (Wildman–Crippen MR) is 96.8 cm³/mol. The summed E-state index contributed by atoms with van der Waals surface area (Å²) in [4.78, 5) is 2.36. The average Bonchev–Trinajstić information content (AvgIpc) is 2.52. The molecule has 0 aliphatic carbocycles. The molecule has 0 radical (unpaired) electrons. The zero-order valence-corrected chi connectivity index (χ0v) is 14.2. The van der Waals surface area contributed by atoms with Crippen molar-refractivity contribution in [2.24, 2.45) is 7.05 Å². The first-order chi connectivity index (χ1) is 11.1. The van der Waals surface area contributed by atoms with Crippen molar-refractivity contribution < 1.29 is 0 Å². The molecular weight excluding hydrogens is 282 g/mol. The van der Waals surface area contributed by atoms with E-state index in [1.54, 1.807) is 0 Å². The number of para-hydroxylation sites is 1. The van der Waals surface area contributed by atoms with E-state index in [0.717, 1.165) is 6.54 Å². The molecule has 0 atom stereocenters. The average molecular weight is 305 g/mol. The number of fused-ring (bicyclic) bond motifs is 5. The van der Waals surface area contributed by atoms with E-state index in [9.17, 15) is 0 Å². The molecule has 2 aromatic carbocycles. The quantitative estimate of drug-likeness (QED) is 0.635. The molecule has 1 aliphatic heterocycles. The van der Waals surface area contributed by atoms with Gasteiger partial charge in [0.15, 0.2) is 0 Å². The van der Waals surface area contributed by atoms with Crippen molar-refractivity contribution >= 4 is 5.69 Å². The molecule has 0 bridgehead atoms. The van der Waals surface area contributed by atoms with E-state index < -0.39 is 0 Å². The SMILES string of the molecule is CC(C)n1c2c(n1C)-c1ccccc1CN(C)c1ccccc1-2. The Morgan fingerprint density at radius 2 is 1.48 bits per heavy atom. The highest BCUT2D eigenvalue weighted by molar-refractivity contribution is 5.89. The minimum Gasteiger partial charge on any atom is -0.370 e. The van der Waals surface area contributed by atoms with Crippen LogP contribution in [0.25, 0.3) is 22.5 Å². The van der Waals surface area contributed by atoms with Crippen molar-refractivity contribution in [2.45, 2.75) is 26.4 Å². The lowest BCUT2D eigenvalue weighted by molar-refractivity contribution is 0.419. The molecule has 1 aliphatic rings. The Morgan fingerprint density at radius 1 is 0.826 bits per heavy atom. The van der Waals surface area contributed by atoms with Crippen molar-refractivity contribution in [3.8, 4) is 22.5 Å². The summed E-state index contributed by atoms with van der Waals surface area (Å²) in [5.41, 5.74) is 8.04. The lowest BCUT2D eigenvalue weighted by Gasteiger charge is -2.37. The van der Waals surface area contributed by atoms with Gasteiger partial charge in [-0.1, -0.05) is 42.5 Å². The summed E-state index contributed by atoms with van der Waals surface area (Å²) < 4.78 is 4.70. The van der Waals surface area contributed by atoms with E-state index in [2.05, 4.69) is 90.7 Å². The van der Waals surface area contributed by atoms with Crippen molar-refractivity contribution in [3.63, 3.8) is 0 Å². The van der Waals surface area contributed by atoms with E-state index in [1.807, 2.05) is 0 Å². The number of nitrogens with zero attached hydrogens (tertiary/aromatic N) is 3. The summed E-state index contributed by atoms with van der Waals surface area (Å²) in [5, 5.41) is 0. The Bertz CT molecular complexity index is 867. The third-order valence-electron chi connectivity index (χ3n) is 4.84. The molecule has 3 nitrogen and oxygen atoms in total. The smallest absolute Gasteiger partial charge is 0.0928 e. The molecular formula is C20H23N3. The van der Waals surface area contributed by atoms with Crippen molar-refractivity contribution in [3.05, 3.63) is 54.1 Å². The van der Waals surface area contributed by atoms with Crippen molar-refractivity contribution in [2.75, 3.05) is 11.9 Å². The van der Waals surface area contributed by atoms with Gasteiger partial charge in [-0.2, -0.15) is 0 Å².